The standard InChI is InChI=1S/C13H23NO/c1-2-3-4-13(15)9-10-7-11-5-6-12(8-10)14-11/h10-12,14H,2-9H2,1H3. The van der Waals surface area contributed by atoms with Gasteiger partial charge in [-0.25, -0.2) is 0 Å². The van der Waals surface area contributed by atoms with Crippen LogP contribution in [0.2, 0.25) is 0 Å². The molecular formula is C13H23NO. The van der Waals surface area contributed by atoms with Crippen molar-refractivity contribution in [2.75, 3.05) is 0 Å². The highest BCUT2D eigenvalue weighted by Gasteiger charge is 2.33. The molecule has 2 rings (SSSR count). The Kier molecular flexibility index (Phi) is 3.79. The van der Waals surface area contributed by atoms with Gasteiger partial charge < -0.3 is 5.32 Å². The maximum atomic E-state index is 11.7. The molecule has 86 valence electrons. The normalized spacial score (nSPS) is 34.3. The highest BCUT2D eigenvalue weighted by molar-refractivity contribution is 5.78. The van der Waals surface area contributed by atoms with Crippen LogP contribution >= 0.6 is 0 Å². The lowest BCUT2D eigenvalue weighted by Crippen LogP contribution is -2.38. The molecule has 0 aromatic rings. The number of fused-ring (bicyclic) bond motifs is 2. The Hall–Kier alpha value is -0.370. The highest BCUT2D eigenvalue weighted by Crippen LogP contribution is 2.32. The zero-order chi connectivity index (χ0) is 10.7. The van der Waals surface area contributed by atoms with Crippen LogP contribution in [-0.4, -0.2) is 17.9 Å². The van der Waals surface area contributed by atoms with Crippen LogP contribution < -0.4 is 5.32 Å². The van der Waals surface area contributed by atoms with Gasteiger partial charge in [0.05, 0.1) is 0 Å². The van der Waals surface area contributed by atoms with Crippen LogP contribution in [0.4, 0.5) is 0 Å². The number of unbranched alkanes of at least 4 members (excludes halogenated alkanes) is 1. The maximum Gasteiger partial charge on any atom is 0.133 e. The average Bonchev–Trinajstić information content (AvgIpc) is 2.55. The third kappa shape index (κ3) is 3.04. The van der Waals surface area contributed by atoms with Crippen LogP contribution in [-0.2, 0) is 4.79 Å². The summed E-state index contributed by atoms with van der Waals surface area (Å²) in [5.41, 5.74) is 0. The van der Waals surface area contributed by atoms with Gasteiger partial charge in [0.2, 0.25) is 0 Å². The molecule has 2 nitrogen and oxygen atoms in total. The number of ketones is 1. The fourth-order valence-corrected chi connectivity index (χ4v) is 3.14. The molecule has 2 heterocycles. The van der Waals surface area contributed by atoms with Gasteiger partial charge in [0.15, 0.2) is 0 Å². The first kappa shape index (κ1) is 11.1. The molecule has 2 saturated heterocycles. The molecule has 0 aliphatic carbocycles. The van der Waals surface area contributed by atoms with E-state index in [-0.39, 0.29) is 0 Å². The van der Waals surface area contributed by atoms with Crippen LogP contribution in [0.3, 0.4) is 0 Å². The summed E-state index contributed by atoms with van der Waals surface area (Å²) in [6.07, 6.45) is 9.06. The molecule has 2 bridgehead atoms. The van der Waals surface area contributed by atoms with Gasteiger partial charge in [-0.1, -0.05) is 13.3 Å². The van der Waals surface area contributed by atoms with E-state index in [0.717, 1.165) is 37.8 Å². The molecule has 0 saturated carbocycles. The molecule has 15 heavy (non-hydrogen) atoms. The maximum absolute atomic E-state index is 11.7. The molecule has 1 N–H and O–H groups in total. The summed E-state index contributed by atoms with van der Waals surface area (Å²) in [5, 5.41) is 3.63. The van der Waals surface area contributed by atoms with Crippen molar-refractivity contribution in [3.05, 3.63) is 0 Å². The second-order valence-corrected chi connectivity index (χ2v) is 5.32. The van der Waals surface area contributed by atoms with E-state index in [2.05, 4.69) is 12.2 Å². The minimum atomic E-state index is 0.503. The molecule has 2 fully saturated rings. The van der Waals surface area contributed by atoms with E-state index in [1.165, 1.54) is 25.7 Å². The van der Waals surface area contributed by atoms with Crippen molar-refractivity contribution in [2.24, 2.45) is 5.92 Å². The highest BCUT2D eigenvalue weighted by atomic mass is 16.1. The summed E-state index contributed by atoms with van der Waals surface area (Å²) in [7, 11) is 0. The molecule has 0 amide bonds. The Labute approximate surface area is 92.8 Å². The van der Waals surface area contributed by atoms with Crippen molar-refractivity contribution >= 4 is 5.78 Å². The van der Waals surface area contributed by atoms with E-state index in [9.17, 15) is 4.79 Å². The molecule has 0 radical (unpaired) electrons. The molecular weight excluding hydrogens is 186 g/mol. The first-order chi connectivity index (χ1) is 7.28. The second-order valence-electron chi connectivity index (χ2n) is 5.32. The van der Waals surface area contributed by atoms with E-state index in [1.807, 2.05) is 0 Å². The van der Waals surface area contributed by atoms with Crippen molar-refractivity contribution in [3.63, 3.8) is 0 Å². The van der Waals surface area contributed by atoms with Gasteiger partial charge >= 0.3 is 0 Å². The molecule has 0 aromatic carbocycles. The number of nitrogens with one attached hydrogen (secondary N) is 1. The molecule has 2 heteroatoms. The number of hydrogen-bond donors (Lipinski definition) is 1. The first-order valence-electron chi connectivity index (χ1n) is 6.55. The summed E-state index contributed by atoms with van der Waals surface area (Å²) in [5.74, 6) is 1.19. The van der Waals surface area contributed by atoms with Crippen molar-refractivity contribution < 1.29 is 4.79 Å². The predicted molar refractivity (Wildman–Crippen MR) is 61.8 cm³/mol. The topological polar surface area (TPSA) is 29.1 Å². The SMILES string of the molecule is CCCCC(=O)CC1CC2CCC(C1)N2. The number of rotatable bonds is 5. The van der Waals surface area contributed by atoms with Crippen LogP contribution in [0, 0.1) is 5.92 Å². The van der Waals surface area contributed by atoms with Crippen LogP contribution in [0.5, 0.6) is 0 Å². The minimum Gasteiger partial charge on any atom is -0.311 e. The van der Waals surface area contributed by atoms with Gasteiger partial charge in [-0.05, 0) is 38.0 Å². The summed E-state index contributed by atoms with van der Waals surface area (Å²) in [6, 6.07) is 1.46. The Balaban J connectivity index is 1.73. The summed E-state index contributed by atoms with van der Waals surface area (Å²) in [4.78, 5) is 11.7. The van der Waals surface area contributed by atoms with E-state index in [1.54, 1.807) is 0 Å². The molecule has 0 aromatic heterocycles. The third-order valence-corrected chi connectivity index (χ3v) is 3.90. The van der Waals surface area contributed by atoms with Gasteiger partial charge in [-0.15, -0.1) is 0 Å². The van der Waals surface area contributed by atoms with Crippen LogP contribution in [0.15, 0.2) is 0 Å². The molecule has 2 aliphatic heterocycles. The van der Waals surface area contributed by atoms with E-state index in [0.29, 0.717) is 11.7 Å². The van der Waals surface area contributed by atoms with Gasteiger partial charge in [-0.2, -0.15) is 0 Å². The first-order valence-corrected chi connectivity index (χ1v) is 6.55. The van der Waals surface area contributed by atoms with E-state index < -0.39 is 0 Å². The second kappa shape index (κ2) is 5.11. The number of carbonyl (C=O) groups is 1. The van der Waals surface area contributed by atoms with E-state index >= 15 is 0 Å². The largest absolute Gasteiger partial charge is 0.311 e. The fraction of sp³-hybridized carbons (Fsp3) is 0.923. The molecule has 2 aliphatic rings. The Morgan fingerprint density at radius 3 is 2.53 bits per heavy atom. The van der Waals surface area contributed by atoms with Crippen molar-refractivity contribution in [1.82, 2.24) is 5.32 Å². The van der Waals surface area contributed by atoms with Crippen LogP contribution in [0.1, 0.15) is 58.3 Å². The third-order valence-electron chi connectivity index (χ3n) is 3.90. The number of hydrogen-bond acceptors (Lipinski definition) is 2. The van der Waals surface area contributed by atoms with Gasteiger partial charge in [0, 0.05) is 24.9 Å². The summed E-state index contributed by atoms with van der Waals surface area (Å²) < 4.78 is 0. The number of carbonyl (C=O) groups excluding carboxylic acids is 1. The Morgan fingerprint density at radius 1 is 1.27 bits per heavy atom. The van der Waals surface area contributed by atoms with Crippen LogP contribution in [0.25, 0.3) is 0 Å². The van der Waals surface area contributed by atoms with Gasteiger partial charge in [-0.3, -0.25) is 4.79 Å². The minimum absolute atomic E-state index is 0.503. The van der Waals surface area contributed by atoms with E-state index in [4.69, 9.17) is 0 Å². The summed E-state index contributed by atoms with van der Waals surface area (Å²) in [6.45, 7) is 2.15. The molecule has 2 atom stereocenters. The van der Waals surface area contributed by atoms with Gasteiger partial charge in [0.1, 0.15) is 5.78 Å². The lowest BCUT2D eigenvalue weighted by atomic mass is 9.87. The lowest BCUT2D eigenvalue weighted by molar-refractivity contribution is -0.120. The number of piperidine rings is 1. The van der Waals surface area contributed by atoms with Crippen molar-refractivity contribution in [2.45, 2.75) is 70.4 Å². The molecule has 2 unspecified atom stereocenters. The quantitative estimate of drug-likeness (QED) is 0.754. The fourth-order valence-electron chi connectivity index (χ4n) is 3.14. The van der Waals surface area contributed by atoms with Crippen molar-refractivity contribution in [1.29, 1.82) is 0 Å². The zero-order valence-corrected chi connectivity index (χ0v) is 9.80. The predicted octanol–water partition coefficient (Wildman–Crippen LogP) is 2.67. The smallest absolute Gasteiger partial charge is 0.133 e. The van der Waals surface area contributed by atoms with Gasteiger partial charge in [0.25, 0.3) is 0 Å². The summed E-state index contributed by atoms with van der Waals surface area (Å²) >= 11 is 0. The Morgan fingerprint density at radius 2 is 1.93 bits per heavy atom. The lowest BCUT2D eigenvalue weighted by Gasteiger charge is -2.28. The number of Topliss-reactive ketones (excluding diaryl/α,β-unsaturated/α-hetero) is 1. The monoisotopic (exact) mass is 209 g/mol. The zero-order valence-electron chi connectivity index (χ0n) is 9.80. The Bertz CT molecular complexity index is 215. The average molecular weight is 209 g/mol. The molecule has 0 spiro atoms. The van der Waals surface area contributed by atoms with Crippen molar-refractivity contribution in [3.8, 4) is 0 Å².